The van der Waals surface area contributed by atoms with Crippen molar-refractivity contribution in [3.8, 4) is 11.3 Å². The first-order chi connectivity index (χ1) is 17.9. The Labute approximate surface area is 220 Å². The Morgan fingerprint density at radius 1 is 1.00 bits per heavy atom. The summed E-state index contributed by atoms with van der Waals surface area (Å²) in [5.41, 5.74) is 4.22. The number of amides is 2. The first kappa shape index (κ1) is 25.2. The van der Waals surface area contributed by atoms with Crippen LogP contribution in [0.2, 0.25) is 0 Å². The summed E-state index contributed by atoms with van der Waals surface area (Å²) in [6.07, 6.45) is 8.93. The Bertz CT molecular complexity index is 1250. The van der Waals surface area contributed by atoms with Gasteiger partial charge in [-0.3, -0.25) is 19.2 Å². The number of anilines is 1. The number of carbonyl (C=O) groups is 2. The number of hydrogen-bond donors (Lipinski definition) is 1. The molecule has 1 aliphatic carbocycles. The number of nitrogens with one attached hydrogen (secondary N) is 1. The summed E-state index contributed by atoms with van der Waals surface area (Å²) in [5.74, 6) is -0.309. The van der Waals surface area contributed by atoms with Gasteiger partial charge in [0.2, 0.25) is 5.91 Å². The van der Waals surface area contributed by atoms with Crippen molar-refractivity contribution >= 4 is 17.5 Å². The van der Waals surface area contributed by atoms with E-state index < -0.39 is 5.54 Å². The molecule has 0 saturated heterocycles. The molecule has 1 saturated carbocycles. The SMILES string of the molecule is CCc1ccc(-c2cc3n(n2)C[C@@](C)(C(=O)NC2CCCCCCC2)N(c2ccc(C)cc2)C3=O)cc1. The maximum absolute atomic E-state index is 14.0. The molecule has 1 atom stereocenters. The van der Waals surface area contributed by atoms with Gasteiger partial charge in [-0.2, -0.15) is 5.10 Å². The summed E-state index contributed by atoms with van der Waals surface area (Å²) in [6, 6.07) is 18.1. The van der Waals surface area contributed by atoms with Crippen LogP contribution in [0.1, 0.15) is 80.4 Å². The van der Waals surface area contributed by atoms with Crippen molar-refractivity contribution < 1.29 is 9.59 Å². The fourth-order valence-electron chi connectivity index (χ4n) is 5.67. The summed E-state index contributed by atoms with van der Waals surface area (Å²) in [6.45, 7) is 6.33. The molecule has 3 aromatic rings. The molecule has 0 bridgehead atoms. The van der Waals surface area contributed by atoms with E-state index in [1.807, 2.05) is 44.2 Å². The summed E-state index contributed by atoms with van der Waals surface area (Å²) < 4.78 is 1.73. The van der Waals surface area contributed by atoms with E-state index in [1.165, 1.54) is 24.8 Å². The van der Waals surface area contributed by atoms with Gasteiger partial charge in [0, 0.05) is 17.3 Å². The highest BCUT2D eigenvalue weighted by molar-refractivity contribution is 6.12. The number of hydrogen-bond acceptors (Lipinski definition) is 3. The van der Waals surface area contributed by atoms with Gasteiger partial charge in [0.25, 0.3) is 5.91 Å². The second-order valence-electron chi connectivity index (χ2n) is 10.9. The minimum absolute atomic E-state index is 0.109. The number of benzene rings is 2. The average molecular weight is 499 g/mol. The van der Waals surface area contributed by atoms with Crippen LogP contribution in [0.3, 0.4) is 0 Å². The van der Waals surface area contributed by atoms with Gasteiger partial charge in [0.1, 0.15) is 11.2 Å². The minimum atomic E-state index is -1.10. The number of carbonyl (C=O) groups excluding carboxylic acids is 2. The zero-order chi connectivity index (χ0) is 26.0. The topological polar surface area (TPSA) is 67.2 Å². The van der Waals surface area contributed by atoms with E-state index in [0.29, 0.717) is 12.2 Å². The molecular weight excluding hydrogens is 460 g/mol. The number of nitrogens with zero attached hydrogens (tertiary/aromatic N) is 3. The molecular formula is C31H38N4O2. The second-order valence-corrected chi connectivity index (χ2v) is 10.9. The molecule has 1 aromatic heterocycles. The molecule has 194 valence electrons. The van der Waals surface area contributed by atoms with Crippen LogP contribution in [0, 0.1) is 6.92 Å². The molecule has 5 rings (SSSR count). The highest BCUT2D eigenvalue weighted by atomic mass is 16.2. The first-order valence-electron chi connectivity index (χ1n) is 13.8. The van der Waals surface area contributed by atoms with Crippen molar-refractivity contribution in [1.29, 1.82) is 0 Å². The van der Waals surface area contributed by atoms with E-state index in [1.54, 1.807) is 9.58 Å². The van der Waals surface area contributed by atoms with Crippen molar-refractivity contribution in [1.82, 2.24) is 15.1 Å². The number of aromatic nitrogens is 2. The van der Waals surface area contributed by atoms with Crippen molar-refractivity contribution in [3.63, 3.8) is 0 Å². The molecule has 2 amide bonds. The van der Waals surface area contributed by atoms with E-state index in [0.717, 1.165) is 54.6 Å². The summed E-state index contributed by atoms with van der Waals surface area (Å²) in [7, 11) is 0. The van der Waals surface area contributed by atoms with Crippen LogP contribution in [0.5, 0.6) is 0 Å². The van der Waals surface area contributed by atoms with Gasteiger partial charge < -0.3 is 5.32 Å². The number of rotatable bonds is 5. The monoisotopic (exact) mass is 498 g/mol. The van der Waals surface area contributed by atoms with Gasteiger partial charge in [0.15, 0.2) is 0 Å². The van der Waals surface area contributed by atoms with Crippen molar-refractivity contribution in [2.45, 2.75) is 90.3 Å². The predicted molar refractivity (Wildman–Crippen MR) is 148 cm³/mol. The number of aryl methyl sites for hydroxylation is 2. The smallest absolute Gasteiger partial charge is 0.277 e. The summed E-state index contributed by atoms with van der Waals surface area (Å²) >= 11 is 0. The van der Waals surface area contributed by atoms with Crippen LogP contribution in [-0.4, -0.2) is 33.2 Å². The molecule has 2 heterocycles. The molecule has 1 fully saturated rings. The van der Waals surface area contributed by atoms with Gasteiger partial charge in [-0.1, -0.05) is 81.0 Å². The Balaban J connectivity index is 1.51. The van der Waals surface area contributed by atoms with E-state index in [2.05, 4.69) is 36.5 Å². The Morgan fingerprint density at radius 2 is 1.65 bits per heavy atom. The quantitative estimate of drug-likeness (QED) is 0.464. The van der Waals surface area contributed by atoms with E-state index in [4.69, 9.17) is 5.10 Å². The van der Waals surface area contributed by atoms with Gasteiger partial charge in [0.05, 0.1) is 12.2 Å². The minimum Gasteiger partial charge on any atom is -0.351 e. The third-order valence-corrected chi connectivity index (χ3v) is 8.03. The summed E-state index contributed by atoms with van der Waals surface area (Å²) in [4.78, 5) is 29.7. The van der Waals surface area contributed by atoms with Crippen LogP contribution in [0.15, 0.2) is 54.6 Å². The Kier molecular flexibility index (Phi) is 7.18. The molecule has 0 radical (unpaired) electrons. The van der Waals surface area contributed by atoms with Gasteiger partial charge in [-0.15, -0.1) is 0 Å². The predicted octanol–water partition coefficient (Wildman–Crippen LogP) is 6.07. The van der Waals surface area contributed by atoms with E-state index >= 15 is 0 Å². The lowest BCUT2D eigenvalue weighted by atomic mass is 9.91. The van der Waals surface area contributed by atoms with Crippen LogP contribution in [0.4, 0.5) is 5.69 Å². The fraction of sp³-hybridized carbons (Fsp3) is 0.452. The second kappa shape index (κ2) is 10.5. The molecule has 6 nitrogen and oxygen atoms in total. The molecule has 37 heavy (non-hydrogen) atoms. The van der Waals surface area contributed by atoms with E-state index in [-0.39, 0.29) is 17.9 Å². The van der Waals surface area contributed by atoms with Crippen LogP contribution < -0.4 is 10.2 Å². The van der Waals surface area contributed by atoms with Crippen LogP contribution in [0.25, 0.3) is 11.3 Å². The molecule has 0 spiro atoms. The third-order valence-electron chi connectivity index (χ3n) is 8.03. The van der Waals surface area contributed by atoms with Gasteiger partial charge >= 0.3 is 0 Å². The molecule has 2 aliphatic rings. The van der Waals surface area contributed by atoms with Gasteiger partial charge in [-0.05, 0) is 56.9 Å². The maximum atomic E-state index is 14.0. The third kappa shape index (κ3) is 5.07. The van der Waals surface area contributed by atoms with Crippen LogP contribution in [-0.2, 0) is 17.8 Å². The molecule has 2 aromatic carbocycles. The lowest BCUT2D eigenvalue weighted by Gasteiger charge is -2.43. The lowest BCUT2D eigenvalue weighted by Crippen LogP contribution is -2.65. The average Bonchev–Trinajstić information content (AvgIpc) is 3.30. The highest BCUT2D eigenvalue weighted by Gasteiger charge is 2.49. The Morgan fingerprint density at radius 3 is 2.30 bits per heavy atom. The molecule has 1 N–H and O–H groups in total. The summed E-state index contributed by atoms with van der Waals surface area (Å²) in [5, 5.41) is 8.15. The lowest BCUT2D eigenvalue weighted by molar-refractivity contribution is -0.127. The molecule has 6 heteroatoms. The standard InChI is InChI=1S/C31H38N4O2/c1-4-23-14-16-24(17-15-23)27-20-28-29(36)35(26-18-12-22(2)13-19-26)31(3,21-34(28)33-27)30(37)32-25-10-8-6-5-7-9-11-25/h12-20,25H,4-11,21H2,1-3H3,(H,32,37)/t31-/m0/s1. The zero-order valence-corrected chi connectivity index (χ0v) is 22.3. The fourth-order valence-corrected chi connectivity index (χ4v) is 5.67. The normalized spacial score (nSPS) is 20.7. The highest BCUT2D eigenvalue weighted by Crippen LogP contribution is 2.35. The number of fused-ring (bicyclic) bond motifs is 1. The molecule has 0 unspecified atom stereocenters. The van der Waals surface area contributed by atoms with Crippen LogP contribution >= 0.6 is 0 Å². The van der Waals surface area contributed by atoms with Crippen molar-refractivity contribution in [2.75, 3.05) is 4.90 Å². The molecule has 1 aliphatic heterocycles. The Hall–Kier alpha value is -3.41. The largest absolute Gasteiger partial charge is 0.351 e. The maximum Gasteiger partial charge on any atom is 0.277 e. The van der Waals surface area contributed by atoms with Crippen molar-refractivity contribution in [3.05, 3.63) is 71.4 Å². The zero-order valence-electron chi connectivity index (χ0n) is 22.3. The van der Waals surface area contributed by atoms with Crippen molar-refractivity contribution in [2.24, 2.45) is 0 Å². The van der Waals surface area contributed by atoms with Gasteiger partial charge in [-0.25, -0.2) is 0 Å². The van der Waals surface area contributed by atoms with E-state index in [9.17, 15) is 9.59 Å². The first-order valence-corrected chi connectivity index (χ1v) is 13.8.